The lowest BCUT2D eigenvalue weighted by molar-refractivity contribution is 0.170. The number of likely N-dealkylation sites (tertiary alicyclic amines) is 1. The average molecular weight is 300 g/mol. The standard InChI is InChI=1S/C14H25N5.ClH/c1-2-19-11-13(9-16-19)10-17-6-3-14(12-17)18-7-4-15-5-8-18;/h9,11,14-15H,2-8,10,12H2,1H3;1H. The molecule has 0 bridgehead atoms. The van der Waals surface area contributed by atoms with Crippen molar-refractivity contribution in [3.8, 4) is 0 Å². The van der Waals surface area contributed by atoms with Crippen LogP contribution in [0.25, 0.3) is 0 Å². The van der Waals surface area contributed by atoms with Crippen LogP contribution in [0.15, 0.2) is 12.4 Å². The fourth-order valence-corrected chi connectivity index (χ4v) is 3.22. The van der Waals surface area contributed by atoms with Gasteiger partial charge in [0.15, 0.2) is 0 Å². The highest BCUT2D eigenvalue weighted by molar-refractivity contribution is 5.85. The van der Waals surface area contributed by atoms with E-state index in [4.69, 9.17) is 0 Å². The highest BCUT2D eigenvalue weighted by atomic mass is 35.5. The first-order valence-electron chi connectivity index (χ1n) is 7.53. The van der Waals surface area contributed by atoms with E-state index in [1.807, 2.05) is 10.9 Å². The lowest BCUT2D eigenvalue weighted by atomic mass is 10.2. The highest BCUT2D eigenvalue weighted by Crippen LogP contribution is 2.18. The molecule has 2 aliphatic rings. The van der Waals surface area contributed by atoms with Crippen LogP contribution in [-0.2, 0) is 13.1 Å². The molecule has 2 aliphatic heterocycles. The number of aryl methyl sites for hydroxylation is 1. The zero-order valence-electron chi connectivity index (χ0n) is 12.3. The van der Waals surface area contributed by atoms with Gasteiger partial charge in [-0.2, -0.15) is 5.10 Å². The second kappa shape index (κ2) is 7.41. The topological polar surface area (TPSA) is 36.3 Å². The summed E-state index contributed by atoms with van der Waals surface area (Å²) >= 11 is 0. The predicted molar refractivity (Wildman–Crippen MR) is 83.3 cm³/mol. The molecule has 1 N–H and O–H groups in total. The molecule has 1 unspecified atom stereocenters. The van der Waals surface area contributed by atoms with E-state index in [1.165, 1.54) is 38.2 Å². The summed E-state index contributed by atoms with van der Waals surface area (Å²) < 4.78 is 2.01. The Balaban J connectivity index is 0.00000147. The molecular formula is C14H26ClN5. The van der Waals surface area contributed by atoms with Gasteiger partial charge in [-0.15, -0.1) is 12.4 Å². The fourth-order valence-electron chi connectivity index (χ4n) is 3.22. The van der Waals surface area contributed by atoms with Crippen molar-refractivity contribution in [3.63, 3.8) is 0 Å². The third-order valence-corrected chi connectivity index (χ3v) is 4.33. The van der Waals surface area contributed by atoms with E-state index in [2.05, 4.69) is 33.3 Å². The van der Waals surface area contributed by atoms with Crippen LogP contribution in [-0.4, -0.2) is 64.9 Å². The molecular weight excluding hydrogens is 274 g/mol. The third kappa shape index (κ3) is 3.73. The van der Waals surface area contributed by atoms with Crippen LogP contribution >= 0.6 is 12.4 Å². The van der Waals surface area contributed by atoms with Gasteiger partial charge in [-0.25, -0.2) is 0 Å². The maximum Gasteiger partial charge on any atom is 0.0534 e. The molecule has 5 nitrogen and oxygen atoms in total. The summed E-state index contributed by atoms with van der Waals surface area (Å²) in [5, 5.41) is 7.79. The van der Waals surface area contributed by atoms with Gasteiger partial charge in [0.1, 0.15) is 0 Å². The monoisotopic (exact) mass is 299 g/mol. The van der Waals surface area contributed by atoms with E-state index >= 15 is 0 Å². The SMILES string of the molecule is CCn1cc(CN2CCC(N3CCNCC3)C2)cn1.Cl. The van der Waals surface area contributed by atoms with Gasteiger partial charge in [-0.3, -0.25) is 14.5 Å². The van der Waals surface area contributed by atoms with Crippen molar-refractivity contribution in [3.05, 3.63) is 18.0 Å². The van der Waals surface area contributed by atoms with Crippen molar-refractivity contribution in [1.29, 1.82) is 0 Å². The molecule has 3 heterocycles. The van der Waals surface area contributed by atoms with E-state index in [1.54, 1.807) is 0 Å². The molecule has 2 saturated heterocycles. The molecule has 2 fully saturated rings. The summed E-state index contributed by atoms with van der Waals surface area (Å²) in [6.45, 7) is 11.3. The predicted octanol–water partition coefficient (Wildman–Crippen LogP) is 0.804. The molecule has 0 aliphatic carbocycles. The summed E-state index contributed by atoms with van der Waals surface area (Å²) in [5.41, 5.74) is 1.35. The summed E-state index contributed by atoms with van der Waals surface area (Å²) in [7, 11) is 0. The Hall–Kier alpha value is -0.620. The molecule has 0 saturated carbocycles. The normalized spacial score (nSPS) is 24.8. The number of piperazine rings is 1. The van der Waals surface area contributed by atoms with Gasteiger partial charge in [0.25, 0.3) is 0 Å². The highest BCUT2D eigenvalue weighted by Gasteiger charge is 2.28. The maximum absolute atomic E-state index is 4.36. The van der Waals surface area contributed by atoms with Crippen LogP contribution in [0.1, 0.15) is 18.9 Å². The molecule has 0 aromatic carbocycles. The molecule has 114 valence electrons. The number of aromatic nitrogens is 2. The Morgan fingerprint density at radius 3 is 2.80 bits per heavy atom. The number of nitrogens with zero attached hydrogens (tertiary/aromatic N) is 4. The van der Waals surface area contributed by atoms with Crippen molar-refractivity contribution in [1.82, 2.24) is 24.9 Å². The number of nitrogens with one attached hydrogen (secondary N) is 1. The summed E-state index contributed by atoms with van der Waals surface area (Å²) in [6.07, 6.45) is 5.52. The van der Waals surface area contributed by atoms with Crippen LogP contribution in [0.3, 0.4) is 0 Å². The van der Waals surface area contributed by atoms with E-state index in [0.29, 0.717) is 0 Å². The first-order valence-corrected chi connectivity index (χ1v) is 7.53. The molecule has 1 aromatic rings. The van der Waals surface area contributed by atoms with Gasteiger partial charge >= 0.3 is 0 Å². The minimum Gasteiger partial charge on any atom is -0.314 e. The Morgan fingerprint density at radius 2 is 2.10 bits per heavy atom. The second-order valence-electron chi connectivity index (χ2n) is 5.67. The van der Waals surface area contributed by atoms with Crippen molar-refractivity contribution in [2.24, 2.45) is 0 Å². The van der Waals surface area contributed by atoms with E-state index in [9.17, 15) is 0 Å². The van der Waals surface area contributed by atoms with Crippen molar-refractivity contribution < 1.29 is 0 Å². The van der Waals surface area contributed by atoms with Gasteiger partial charge in [0.2, 0.25) is 0 Å². The zero-order valence-corrected chi connectivity index (χ0v) is 13.1. The van der Waals surface area contributed by atoms with Crippen LogP contribution < -0.4 is 5.32 Å². The van der Waals surface area contributed by atoms with Gasteiger partial charge in [0, 0.05) is 70.2 Å². The number of rotatable bonds is 4. The molecule has 6 heteroatoms. The Labute approximate surface area is 127 Å². The molecule has 0 amide bonds. The van der Waals surface area contributed by atoms with Crippen LogP contribution in [0, 0.1) is 0 Å². The second-order valence-corrected chi connectivity index (χ2v) is 5.67. The first-order chi connectivity index (χ1) is 9.35. The summed E-state index contributed by atoms with van der Waals surface area (Å²) in [4.78, 5) is 5.23. The number of halogens is 1. The molecule has 1 aromatic heterocycles. The van der Waals surface area contributed by atoms with E-state index in [-0.39, 0.29) is 12.4 Å². The van der Waals surface area contributed by atoms with Crippen molar-refractivity contribution in [2.75, 3.05) is 39.3 Å². The number of hydrogen-bond donors (Lipinski definition) is 1. The molecule has 3 rings (SSSR count). The van der Waals surface area contributed by atoms with Gasteiger partial charge < -0.3 is 5.32 Å². The first kappa shape index (κ1) is 15.8. The van der Waals surface area contributed by atoms with Gasteiger partial charge in [-0.1, -0.05) is 0 Å². The van der Waals surface area contributed by atoms with Crippen LogP contribution in [0.5, 0.6) is 0 Å². The Morgan fingerprint density at radius 1 is 1.30 bits per heavy atom. The molecule has 0 spiro atoms. The fraction of sp³-hybridized carbons (Fsp3) is 0.786. The average Bonchev–Trinajstić information content (AvgIpc) is 3.09. The maximum atomic E-state index is 4.36. The molecule has 1 atom stereocenters. The molecule has 20 heavy (non-hydrogen) atoms. The van der Waals surface area contributed by atoms with Gasteiger partial charge in [-0.05, 0) is 13.3 Å². The van der Waals surface area contributed by atoms with Crippen molar-refractivity contribution in [2.45, 2.75) is 32.5 Å². The Bertz CT molecular complexity index is 402. The Kier molecular flexibility index (Phi) is 5.84. The van der Waals surface area contributed by atoms with Crippen molar-refractivity contribution >= 4 is 12.4 Å². The van der Waals surface area contributed by atoms with Crippen LogP contribution in [0.2, 0.25) is 0 Å². The lowest BCUT2D eigenvalue weighted by Gasteiger charge is -2.32. The minimum atomic E-state index is 0. The van der Waals surface area contributed by atoms with E-state index in [0.717, 1.165) is 32.2 Å². The van der Waals surface area contributed by atoms with Gasteiger partial charge in [0.05, 0.1) is 6.20 Å². The van der Waals surface area contributed by atoms with Crippen LogP contribution in [0.4, 0.5) is 0 Å². The zero-order chi connectivity index (χ0) is 13.1. The van der Waals surface area contributed by atoms with E-state index < -0.39 is 0 Å². The minimum absolute atomic E-state index is 0. The number of hydrogen-bond acceptors (Lipinski definition) is 4. The lowest BCUT2D eigenvalue weighted by Crippen LogP contribution is -2.49. The molecule has 0 radical (unpaired) electrons. The quantitative estimate of drug-likeness (QED) is 0.892. The largest absolute Gasteiger partial charge is 0.314 e. The summed E-state index contributed by atoms with van der Waals surface area (Å²) in [5.74, 6) is 0. The summed E-state index contributed by atoms with van der Waals surface area (Å²) in [6, 6.07) is 0.767. The third-order valence-electron chi connectivity index (χ3n) is 4.33. The smallest absolute Gasteiger partial charge is 0.0534 e.